The molecule has 0 saturated heterocycles. The van der Waals surface area contributed by atoms with Gasteiger partial charge in [-0.1, -0.05) is 53.3 Å². The summed E-state index contributed by atoms with van der Waals surface area (Å²) in [5.41, 5.74) is 4.74. The van der Waals surface area contributed by atoms with Crippen LogP contribution in [-0.2, 0) is 8.85 Å². The molecule has 0 aliphatic carbocycles. The number of nitrogens with zero attached hydrogens (tertiary/aromatic N) is 2. The molecule has 8 heteroatoms. The van der Waals surface area contributed by atoms with Gasteiger partial charge in [0.05, 0.1) is 24.6 Å². The standard InChI is InChI=1S/C30H51N3O2SSi2/c1-29(2,3)37(9,10)34-19-17-33(18-20-35-38(11,12)30(4,5)6)24-14-16-28-26(22-24)31-25-21-23(32(7)8)13-15-27(25)36-28/h13-16,21-22,31H,17-20H2,1-12H3. The Balaban J connectivity index is 1.80. The summed E-state index contributed by atoms with van der Waals surface area (Å²) in [6.07, 6.45) is 0. The van der Waals surface area contributed by atoms with Crippen molar-refractivity contribution in [2.45, 2.75) is 87.6 Å². The third-order valence-corrected chi connectivity index (χ3v) is 18.8. The highest BCUT2D eigenvalue weighted by atomic mass is 32.2. The molecule has 38 heavy (non-hydrogen) atoms. The van der Waals surface area contributed by atoms with Crippen molar-refractivity contribution in [3.05, 3.63) is 36.4 Å². The van der Waals surface area contributed by atoms with Crippen LogP contribution >= 0.6 is 11.8 Å². The van der Waals surface area contributed by atoms with Gasteiger partial charge in [-0.3, -0.25) is 0 Å². The molecule has 0 saturated carbocycles. The SMILES string of the molecule is CN(C)c1ccc2c(c1)Nc1cc(N(CCO[Si](C)(C)C(C)(C)C)CCO[Si](C)(C)C(C)(C)C)ccc1S2. The molecule has 5 nitrogen and oxygen atoms in total. The van der Waals surface area contributed by atoms with Crippen molar-refractivity contribution in [3.63, 3.8) is 0 Å². The van der Waals surface area contributed by atoms with E-state index < -0.39 is 16.6 Å². The second kappa shape index (κ2) is 11.6. The van der Waals surface area contributed by atoms with Crippen molar-refractivity contribution in [1.82, 2.24) is 0 Å². The fourth-order valence-corrected chi connectivity index (χ4v) is 6.79. The van der Waals surface area contributed by atoms with Crippen molar-refractivity contribution in [2.24, 2.45) is 0 Å². The Bertz CT molecular complexity index is 1080. The van der Waals surface area contributed by atoms with Gasteiger partial charge in [-0.15, -0.1) is 0 Å². The first kappa shape index (κ1) is 31.1. The molecule has 1 N–H and O–H groups in total. The number of fused-ring (bicyclic) bond motifs is 2. The molecule has 0 unspecified atom stereocenters. The summed E-state index contributed by atoms with van der Waals surface area (Å²) in [4.78, 5) is 7.11. The maximum absolute atomic E-state index is 6.58. The lowest BCUT2D eigenvalue weighted by atomic mass is 10.2. The lowest BCUT2D eigenvalue weighted by molar-refractivity contribution is 0.276. The fourth-order valence-electron chi connectivity index (χ4n) is 3.77. The minimum Gasteiger partial charge on any atom is -0.415 e. The first-order valence-electron chi connectivity index (χ1n) is 13.8. The molecule has 2 aromatic carbocycles. The van der Waals surface area contributed by atoms with Gasteiger partial charge in [0.25, 0.3) is 0 Å². The molecule has 212 valence electrons. The Morgan fingerprint density at radius 2 is 1.13 bits per heavy atom. The molecule has 1 heterocycles. The second-order valence-electron chi connectivity index (χ2n) is 13.7. The van der Waals surface area contributed by atoms with E-state index in [9.17, 15) is 0 Å². The normalized spacial score (nSPS) is 14.0. The fraction of sp³-hybridized carbons (Fsp3) is 0.600. The van der Waals surface area contributed by atoms with Crippen molar-refractivity contribution in [1.29, 1.82) is 0 Å². The predicted octanol–water partition coefficient (Wildman–Crippen LogP) is 8.81. The molecular formula is C30H51N3O2SSi2. The lowest BCUT2D eigenvalue weighted by Crippen LogP contribution is -2.44. The molecule has 0 amide bonds. The zero-order chi connectivity index (χ0) is 28.5. The first-order chi connectivity index (χ1) is 17.4. The average molecular weight is 574 g/mol. The van der Waals surface area contributed by atoms with Gasteiger partial charge < -0.3 is 24.0 Å². The summed E-state index contributed by atoms with van der Waals surface area (Å²) in [5, 5.41) is 4.12. The van der Waals surface area contributed by atoms with Crippen LogP contribution in [0.25, 0.3) is 0 Å². The summed E-state index contributed by atoms with van der Waals surface area (Å²) >= 11 is 1.83. The largest absolute Gasteiger partial charge is 0.415 e. The zero-order valence-electron chi connectivity index (χ0n) is 25.9. The van der Waals surface area contributed by atoms with Crippen LogP contribution in [0, 0.1) is 0 Å². The van der Waals surface area contributed by atoms with E-state index in [0.29, 0.717) is 0 Å². The number of nitrogens with one attached hydrogen (secondary N) is 1. The summed E-state index contributed by atoms with van der Waals surface area (Å²) in [6.45, 7) is 26.3. The van der Waals surface area contributed by atoms with Gasteiger partial charge in [0.15, 0.2) is 16.6 Å². The molecule has 0 atom stereocenters. The molecule has 0 bridgehead atoms. The Morgan fingerprint density at radius 3 is 1.55 bits per heavy atom. The van der Waals surface area contributed by atoms with Crippen LogP contribution in [0.2, 0.25) is 36.3 Å². The van der Waals surface area contributed by atoms with E-state index in [-0.39, 0.29) is 10.1 Å². The van der Waals surface area contributed by atoms with Gasteiger partial charge in [-0.25, -0.2) is 0 Å². The molecule has 1 aliphatic rings. The van der Waals surface area contributed by atoms with E-state index >= 15 is 0 Å². The molecule has 1 aliphatic heterocycles. The first-order valence-corrected chi connectivity index (χ1v) is 20.5. The van der Waals surface area contributed by atoms with Crippen molar-refractivity contribution < 1.29 is 8.85 Å². The number of rotatable bonds is 10. The maximum atomic E-state index is 6.58. The molecular weight excluding hydrogens is 523 g/mol. The van der Waals surface area contributed by atoms with Gasteiger partial charge in [-0.2, -0.15) is 0 Å². The Labute approximate surface area is 238 Å². The van der Waals surface area contributed by atoms with Crippen molar-refractivity contribution >= 4 is 51.1 Å². The number of anilines is 4. The van der Waals surface area contributed by atoms with Gasteiger partial charge >= 0.3 is 0 Å². The topological polar surface area (TPSA) is 37.0 Å². The third-order valence-electron chi connectivity index (χ3n) is 8.56. The molecule has 0 radical (unpaired) electrons. The summed E-state index contributed by atoms with van der Waals surface area (Å²) in [5.74, 6) is 0. The lowest BCUT2D eigenvalue weighted by Gasteiger charge is -2.38. The molecule has 0 fully saturated rings. The smallest absolute Gasteiger partial charge is 0.192 e. The molecule has 3 rings (SSSR count). The minimum atomic E-state index is -1.81. The van der Waals surface area contributed by atoms with Crippen LogP contribution in [0.3, 0.4) is 0 Å². The second-order valence-corrected chi connectivity index (χ2v) is 24.4. The van der Waals surface area contributed by atoms with Crippen molar-refractivity contribution in [3.8, 4) is 0 Å². The highest BCUT2D eigenvalue weighted by Crippen LogP contribution is 2.46. The Kier molecular flexibility index (Phi) is 9.46. The number of benzene rings is 2. The van der Waals surface area contributed by atoms with Gasteiger partial charge in [0.2, 0.25) is 0 Å². The highest BCUT2D eigenvalue weighted by Gasteiger charge is 2.38. The van der Waals surface area contributed by atoms with Crippen LogP contribution in [0.1, 0.15) is 41.5 Å². The molecule has 0 aromatic heterocycles. The third kappa shape index (κ3) is 7.39. The van der Waals surface area contributed by atoms with E-state index in [1.54, 1.807) is 0 Å². The van der Waals surface area contributed by atoms with Crippen LogP contribution in [-0.4, -0.2) is 57.0 Å². The zero-order valence-corrected chi connectivity index (χ0v) is 28.7. The van der Waals surface area contributed by atoms with E-state index in [4.69, 9.17) is 8.85 Å². The highest BCUT2D eigenvalue weighted by molar-refractivity contribution is 7.99. The van der Waals surface area contributed by atoms with E-state index in [2.05, 4.69) is 133 Å². The average Bonchev–Trinajstić information content (AvgIpc) is 2.79. The Hall–Kier alpha value is -1.46. The maximum Gasteiger partial charge on any atom is 0.192 e. The van der Waals surface area contributed by atoms with Crippen LogP contribution in [0.5, 0.6) is 0 Å². The van der Waals surface area contributed by atoms with Gasteiger partial charge in [0.1, 0.15) is 0 Å². The van der Waals surface area contributed by atoms with Crippen LogP contribution < -0.4 is 15.1 Å². The quantitative estimate of drug-likeness (QED) is 0.244. The summed E-state index contributed by atoms with van der Waals surface area (Å²) in [6, 6.07) is 13.4. The summed E-state index contributed by atoms with van der Waals surface area (Å²) in [7, 11) is 0.551. The Morgan fingerprint density at radius 1 is 0.711 bits per heavy atom. The minimum absolute atomic E-state index is 0.203. The van der Waals surface area contributed by atoms with E-state index in [0.717, 1.165) is 32.0 Å². The van der Waals surface area contributed by atoms with Gasteiger partial charge in [0, 0.05) is 48.4 Å². The summed E-state index contributed by atoms with van der Waals surface area (Å²) < 4.78 is 13.2. The van der Waals surface area contributed by atoms with E-state index in [1.807, 2.05) is 11.8 Å². The molecule has 0 spiro atoms. The van der Waals surface area contributed by atoms with Crippen molar-refractivity contribution in [2.75, 3.05) is 55.5 Å². The molecule has 2 aromatic rings. The number of hydrogen-bond donors (Lipinski definition) is 1. The van der Waals surface area contributed by atoms with Gasteiger partial charge in [-0.05, 0) is 72.7 Å². The predicted molar refractivity (Wildman–Crippen MR) is 173 cm³/mol. The van der Waals surface area contributed by atoms with E-state index in [1.165, 1.54) is 26.9 Å². The van der Waals surface area contributed by atoms with Crippen LogP contribution in [0.15, 0.2) is 46.2 Å². The van der Waals surface area contributed by atoms with Crippen LogP contribution in [0.4, 0.5) is 22.7 Å². The number of hydrogen-bond acceptors (Lipinski definition) is 6. The monoisotopic (exact) mass is 573 g/mol.